The highest BCUT2D eigenvalue weighted by atomic mass is 35.5. The lowest BCUT2D eigenvalue weighted by Crippen LogP contribution is -2.28. The van der Waals surface area contributed by atoms with Gasteiger partial charge in [0.05, 0.1) is 0 Å². The first kappa shape index (κ1) is 16.7. The van der Waals surface area contributed by atoms with E-state index in [9.17, 15) is 0 Å². The summed E-state index contributed by atoms with van der Waals surface area (Å²) >= 11 is 6.09. The van der Waals surface area contributed by atoms with Gasteiger partial charge in [-0.05, 0) is 25.2 Å². The van der Waals surface area contributed by atoms with Crippen molar-refractivity contribution >= 4 is 28.5 Å². The second-order valence-corrected chi connectivity index (χ2v) is 5.83. The molecular formula is C17H20ClN5O. The molecule has 0 fully saturated rings. The lowest BCUT2D eigenvalue weighted by atomic mass is 10.1. The molecule has 3 aromatic rings. The summed E-state index contributed by atoms with van der Waals surface area (Å²) < 4.78 is 5.36. The van der Waals surface area contributed by atoms with Gasteiger partial charge >= 0.3 is 0 Å². The van der Waals surface area contributed by atoms with Crippen LogP contribution in [0.4, 0.5) is 5.82 Å². The number of nitrogens with one attached hydrogen (secondary N) is 1. The molecule has 6 nitrogen and oxygen atoms in total. The molecule has 7 heteroatoms. The Balaban J connectivity index is 1.90. The van der Waals surface area contributed by atoms with Crippen LogP contribution in [0.25, 0.3) is 22.4 Å². The van der Waals surface area contributed by atoms with E-state index in [1.165, 1.54) is 6.33 Å². The number of rotatable bonds is 7. The molecule has 0 radical (unpaired) electrons. The molecule has 1 N–H and O–H groups in total. The standard InChI is InChI=1S/C17H20ClN5O/c1-3-23(4-2)9-8-19-16-14-15(12-6-5-7-13(18)10-12)22-24-17(14)21-11-20-16/h5-7,10-11H,3-4,8-9H2,1-2H3,(H,19,20,21). The quantitative estimate of drug-likeness (QED) is 0.704. The van der Waals surface area contributed by atoms with Crippen molar-refractivity contribution in [2.75, 3.05) is 31.5 Å². The predicted molar refractivity (Wildman–Crippen MR) is 96.3 cm³/mol. The van der Waals surface area contributed by atoms with E-state index >= 15 is 0 Å². The van der Waals surface area contributed by atoms with E-state index in [4.69, 9.17) is 16.1 Å². The molecule has 2 aromatic heterocycles. The highest BCUT2D eigenvalue weighted by Crippen LogP contribution is 2.32. The second-order valence-electron chi connectivity index (χ2n) is 5.40. The molecule has 0 unspecified atom stereocenters. The Morgan fingerprint density at radius 2 is 2.04 bits per heavy atom. The molecule has 0 spiro atoms. The van der Waals surface area contributed by atoms with E-state index in [0.29, 0.717) is 16.4 Å². The minimum atomic E-state index is 0.463. The van der Waals surface area contributed by atoms with Gasteiger partial charge in [0.25, 0.3) is 5.71 Å². The van der Waals surface area contributed by atoms with Gasteiger partial charge < -0.3 is 14.7 Å². The molecule has 0 aliphatic heterocycles. The van der Waals surface area contributed by atoms with Gasteiger partial charge in [-0.2, -0.15) is 4.98 Å². The third-order valence-electron chi connectivity index (χ3n) is 3.99. The van der Waals surface area contributed by atoms with Gasteiger partial charge in [0.15, 0.2) is 0 Å². The number of anilines is 1. The van der Waals surface area contributed by atoms with Crippen molar-refractivity contribution in [2.24, 2.45) is 0 Å². The van der Waals surface area contributed by atoms with Gasteiger partial charge in [0, 0.05) is 23.7 Å². The Kier molecular flexibility index (Phi) is 5.27. The molecule has 0 aliphatic rings. The smallest absolute Gasteiger partial charge is 0.263 e. The first-order chi connectivity index (χ1) is 11.7. The average molecular weight is 346 g/mol. The van der Waals surface area contributed by atoms with Crippen LogP contribution in [0.2, 0.25) is 5.02 Å². The molecule has 0 bridgehead atoms. The molecule has 24 heavy (non-hydrogen) atoms. The van der Waals surface area contributed by atoms with Gasteiger partial charge in [-0.3, -0.25) is 0 Å². The maximum Gasteiger partial charge on any atom is 0.263 e. The highest BCUT2D eigenvalue weighted by Gasteiger charge is 2.16. The molecule has 0 atom stereocenters. The summed E-state index contributed by atoms with van der Waals surface area (Å²) in [6.45, 7) is 8.09. The van der Waals surface area contributed by atoms with E-state index < -0.39 is 0 Å². The van der Waals surface area contributed by atoms with Crippen LogP contribution >= 0.6 is 11.6 Å². The molecule has 0 saturated heterocycles. The number of likely N-dealkylation sites (N-methyl/N-ethyl adjacent to an activating group) is 1. The maximum atomic E-state index is 6.09. The Hall–Kier alpha value is -2.18. The normalized spacial score (nSPS) is 11.3. The van der Waals surface area contributed by atoms with Gasteiger partial charge in [-0.25, -0.2) is 4.98 Å². The molecule has 1 aromatic carbocycles. The summed E-state index contributed by atoms with van der Waals surface area (Å²) in [5.74, 6) is 0.725. The van der Waals surface area contributed by atoms with Gasteiger partial charge in [0.2, 0.25) is 0 Å². The van der Waals surface area contributed by atoms with Crippen LogP contribution in [0, 0.1) is 0 Å². The first-order valence-corrected chi connectivity index (χ1v) is 8.43. The number of hydrogen-bond acceptors (Lipinski definition) is 6. The zero-order chi connectivity index (χ0) is 16.9. The van der Waals surface area contributed by atoms with Crippen molar-refractivity contribution in [1.29, 1.82) is 0 Å². The molecular weight excluding hydrogens is 326 g/mol. The van der Waals surface area contributed by atoms with Crippen LogP contribution < -0.4 is 5.32 Å². The van der Waals surface area contributed by atoms with Crippen LogP contribution in [0.3, 0.4) is 0 Å². The largest absolute Gasteiger partial charge is 0.368 e. The van der Waals surface area contributed by atoms with Crippen molar-refractivity contribution in [3.05, 3.63) is 35.6 Å². The second kappa shape index (κ2) is 7.59. The SMILES string of the molecule is CCN(CC)CCNc1ncnc2onc(-c3cccc(Cl)c3)c12. The third kappa shape index (κ3) is 3.49. The third-order valence-corrected chi connectivity index (χ3v) is 4.22. The van der Waals surface area contributed by atoms with Crippen LogP contribution in [-0.4, -0.2) is 46.2 Å². The number of aromatic nitrogens is 3. The topological polar surface area (TPSA) is 67.1 Å². The van der Waals surface area contributed by atoms with Gasteiger partial charge in [-0.15, -0.1) is 0 Å². The van der Waals surface area contributed by atoms with E-state index in [0.717, 1.165) is 42.9 Å². The van der Waals surface area contributed by atoms with Crippen LogP contribution in [0.15, 0.2) is 35.1 Å². The lowest BCUT2D eigenvalue weighted by molar-refractivity contribution is 0.316. The fourth-order valence-electron chi connectivity index (χ4n) is 2.63. The molecule has 0 saturated carbocycles. The summed E-state index contributed by atoms with van der Waals surface area (Å²) in [5.41, 5.74) is 2.03. The molecule has 126 valence electrons. The minimum absolute atomic E-state index is 0.463. The molecule has 0 amide bonds. The van der Waals surface area contributed by atoms with Crippen molar-refractivity contribution in [2.45, 2.75) is 13.8 Å². The van der Waals surface area contributed by atoms with E-state index in [2.05, 4.69) is 39.2 Å². The maximum absolute atomic E-state index is 6.09. The number of fused-ring (bicyclic) bond motifs is 1. The molecule has 0 aliphatic carbocycles. The van der Waals surface area contributed by atoms with Crippen molar-refractivity contribution in [3.8, 4) is 11.3 Å². The summed E-state index contributed by atoms with van der Waals surface area (Å²) in [5, 5.41) is 8.95. The monoisotopic (exact) mass is 345 g/mol. The Morgan fingerprint density at radius 1 is 1.21 bits per heavy atom. The highest BCUT2D eigenvalue weighted by molar-refractivity contribution is 6.30. The van der Waals surface area contributed by atoms with E-state index in [-0.39, 0.29) is 0 Å². The average Bonchev–Trinajstić information content (AvgIpc) is 3.04. The van der Waals surface area contributed by atoms with Crippen LogP contribution in [-0.2, 0) is 0 Å². The summed E-state index contributed by atoms with van der Waals surface area (Å²) in [7, 11) is 0. The van der Waals surface area contributed by atoms with Crippen LogP contribution in [0.5, 0.6) is 0 Å². The number of benzene rings is 1. The number of nitrogens with zero attached hydrogens (tertiary/aromatic N) is 4. The number of halogens is 1. The summed E-state index contributed by atoms with van der Waals surface area (Å²) in [6, 6.07) is 7.50. The van der Waals surface area contributed by atoms with Crippen molar-refractivity contribution < 1.29 is 4.52 Å². The molecule has 3 rings (SSSR count). The van der Waals surface area contributed by atoms with Gasteiger partial charge in [0.1, 0.15) is 23.2 Å². The van der Waals surface area contributed by atoms with Crippen molar-refractivity contribution in [3.63, 3.8) is 0 Å². The molecule has 2 heterocycles. The zero-order valence-corrected chi connectivity index (χ0v) is 14.5. The van der Waals surface area contributed by atoms with E-state index in [1.807, 2.05) is 24.3 Å². The van der Waals surface area contributed by atoms with Crippen molar-refractivity contribution in [1.82, 2.24) is 20.0 Å². The Labute approximate surface area is 145 Å². The predicted octanol–water partition coefficient (Wildman–Crippen LogP) is 3.69. The summed E-state index contributed by atoms with van der Waals surface area (Å²) in [6.07, 6.45) is 1.48. The Bertz CT molecular complexity index is 816. The van der Waals surface area contributed by atoms with Crippen LogP contribution in [0.1, 0.15) is 13.8 Å². The fourth-order valence-corrected chi connectivity index (χ4v) is 2.82. The zero-order valence-electron chi connectivity index (χ0n) is 13.8. The fraction of sp³-hybridized carbons (Fsp3) is 0.353. The minimum Gasteiger partial charge on any atom is -0.368 e. The van der Waals surface area contributed by atoms with E-state index in [1.54, 1.807) is 0 Å². The Morgan fingerprint density at radius 3 is 2.79 bits per heavy atom. The summed E-state index contributed by atoms with van der Waals surface area (Å²) in [4.78, 5) is 10.9. The first-order valence-electron chi connectivity index (χ1n) is 8.05. The lowest BCUT2D eigenvalue weighted by Gasteiger charge is -2.18. The number of hydrogen-bond donors (Lipinski definition) is 1. The van der Waals surface area contributed by atoms with Gasteiger partial charge in [-0.1, -0.05) is 42.7 Å².